The molecule has 6 nitrogen and oxygen atoms in total. The van der Waals surface area contributed by atoms with Crippen molar-refractivity contribution in [2.45, 2.75) is 25.3 Å². The third kappa shape index (κ3) is 3.66. The summed E-state index contributed by atoms with van der Waals surface area (Å²) >= 11 is 0. The molecule has 112 valence electrons. The lowest BCUT2D eigenvalue weighted by Crippen LogP contribution is -2.48. The normalized spacial score (nSPS) is 17.6. The molecule has 1 atom stereocenters. The molecule has 0 bridgehead atoms. The van der Waals surface area contributed by atoms with Crippen molar-refractivity contribution in [3.05, 3.63) is 35.9 Å². The lowest BCUT2D eigenvalue weighted by atomic mass is 10.1. The first-order valence-electron chi connectivity index (χ1n) is 6.84. The highest BCUT2D eigenvalue weighted by molar-refractivity contribution is 6.37. The minimum atomic E-state index is -0.628. The maximum Gasteiger partial charge on any atom is 0.290 e. The molecule has 1 aromatic rings. The maximum atomic E-state index is 12.2. The van der Waals surface area contributed by atoms with E-state index in [2.05, 4.69) is 10.3 Å². The number of amides is 2. The number of carbonyl (C=O) groups excluding carboxylic acids is 3. The highest BCUT2D eigenvalue weighted by Gasteiger charge is 2.36. The average molecular weight is 290 g/mol. The number of hydroxylamine groups is 1. The Hall–Kier alpha value is -2.21. The number of nitrogens with one attached hydrogen (secondary N) is 1. The van der Waals surface area contributed by atoms with E-state index in [0.717, 1.165) is 5.56 Å². The fourth-order valence-corrected chi connectivity index (χ4v) is 2.47. The molecule has 1 N–H and O–H groups in total. The summed E-state index contributed by atoms with van der Waals surface area (Å²) in [7, 11) is 1.33. The molecule has 0 aliphatic carbocycles. The van der Waals surface area contributed by atoms with Crippen LogP contribution in [-0.4, -0.2) is 42.2 Å². The molecule has 1 unspecified atom stereocenters. The van der Waals surface area contributed by atoms with Crippen LogP contribution in [-0.2, 0) is 25.6 Å². The summed E-state index contributed by atoms with van der Waals surface area (Å²) in [6.45, 7) is 0.418. The minimum Gasteiger partial charge on any atom is -0.324 e. The Balaban J connectivity index is 2.01. The summed E-state index contributed by atoms with van der Waals surface area (Å²) in [5.41, 5.74) is 3.00. The van der Waals surface area contributed by atoms with Crippen molar-refractivity contribution in [1.29, 1.82) is 0 Å². The molecular weight excluding hydrogens is 272 g/mol. The van der Waals surface area contributed by atoms with Crippen molar-refractivity contribution >= 4 is 17.6 Å². The summed E-state index contributed by atoms with van der Waals surface area (Å²) in [4.78, 5) is 42.0. The molecule has 2 amide bonds. The first-order valence-corrected chi connectivity index (χ1v) is 6.84. The number of benzene rings is 1. The standard InChI is InChI=1S/C15H18N2O4/c1-21-16-14(19)12-8-5-9-17(12)15(20)13(18)10-11-6-3-2-4-7-11/h2-4,6-7,12H,5,8-10H2,1H3,(H,16,19). The van der Waals surface area contributed by atoms with E-state index >= 15 is 0 Å². The van der Waals surface area contributed by atoms with Gasteiger partial charge in [-0.25, -0.2) is 5.48 Å². The van der Waals surface area contributed by atoms with Crippen molar-refractivity contribution in [2.24, 2.45) is 0 Å². The molecule has 1 aliphatic heterocycles. The van der Waals surface area contributed by atoms with E-state index in [0.29, 0.717) is 19.4 Å². The van der Waals surface area contributed by atoms with Gasteiger partial charge in [0.15, 0.2) is 0 Å². The van der Waals surface area contributed by atoms with Crippen LogP contribution in [0.25, 0.3) is 0 Å². The van der Waals surface area contributed by atoms with Crippen LogP contribution in [0.5, 0.6) is 0 Å². The monoisotopic (exact) mass is 290 g/mol. The second kappa shape index (κ2) is 6.99. The van der Waals surface area contributed by atoms with Crippen molar-refractivity contribution in [3.8, 4) is 0 Å². The molecule has 1 aromatic carbocycles. The second-order valence-corrected chi connectivity index (χ2v) is 4.91. The summed E-state index contributed by atoms with van der Waals surface area (Å²) in [6.07, 6.45) is 1.29. The number of carbonyl (C=O) groups is 3. The number of rotatable bonds is 5. The zero-order valence-corrected chi connectivity index (χ0v) is 11.9. The van der Waals surface area contributed by atoms with Crippen LogP contribution in [0.2, 0.25) is 0 Å². The highest BCUT2D eigenvalue weighted by Crippen LogP contribution is 2.18. The third-order valence-electron chi connectivity index (χ3n) is 3.47. The Morgan fingerprint density at radius 3 is 2.67 bits per heavy atom. The van der Waals surface area contributed by atoms with Gasteiger partial charge in [0.1, 0.15) is 6.04 Å². The van der Waals surface area contributed by atoms with Gasteiger partial charge in [0, 0.05) is 13.0 Å². The van der Waals surface area contributed by atoms with Crippen molar-refractivity contribution < 1.29 is 19.2 Å². The molecule has 6 heteroatoms. The molecule has 1 aliphatic rings. The summed E-state index contributed by atoms with van der Waals surface area (Å²) < 4.78 is 0. The molecule has 0 spiro atoms. The van der Waals surface area contributed by atoms with Crippen LogP contribution in [0.1, 0.15) is 18.4 Å². The maximum absolute atomic E-state index is 12.2. The van der Waals surface area contributed by atoms with Gasteiger partial charge in [-0.1, -0.05) is 30.3 Å². The Morgan fingerprint density at radius 2 is 2.00 bits per heavy atom. The third-order valence-corrected chi connectivity index (χ3v) is 3.47. The first-order chi connectivity index (χ1) is 10.1. The van der Waals surface area contributed by atoms with Crippen LogP contribution in [0.4, 0.5) is 0 Å². The van der Waals surface area contributed by atoms with E-state index in [1.165, 1.54) is 12.0 Å². The van der Waals surface area contributed by atoms with Crippen LogP contribution < -0.4 is 5.48 Å². The number of nitrogens with zero attached hydrogens (tertiary/aromatic N) is 1. The number of likely N-dealkylation sites (tertiary alicyclic amines) is 1. The molecule has 0 saturated carbocycles. The van der Waals surface area contributed by atoms with Crippen molar-refractivity contribution in [1.82, 2.24) is 10.4 Å². The molecule has 1 fully saturated rings. The molecule has 2 rings (SSSR count). The van der Waals surface area contributed by atoms with Crippen molar-refractivity contribution in [2.75, 3.05) is 13.7 Å². The van der Waals surface area contributed by atoms with Gasteiger partial charge in [0.2, 0.25) is 5.78 Å². The van der Waals surface area contributed by atoms with Crippen LogP contribution in [0, 0.1) is 0 Å². The van der Waals surface area contributed by atoms with Crippen LogP contribution in [0.15, 0.2) is 30.3 Å². The van der Waals surface area contributed by atoms with Gasteiger partial charge < -0.3 is 4.90 Å². The van der Waals surface area contributed by atoms with E-state index in [-0.39, 0.29) is 6.42 Å². The highest BCUT2D eigenvalue weighted by atomic mass is 16.6. The van der Waals surface area contributed by atoms with E-state index in [9.17, 15) is 14.4 Å². The zero-order valence-electron chi connectivity index (χ0n) is 11.9. The smallest absolute Gasteiger partial charge is 0.290 e. The average Bonchev–Trinajstić information content (AvgIpc) is 2.97. The quantitative estimate of drug-likeness (QED) is 0.631. The first kappa shape index (κ1) is 15.2. The van der Waals surface area contributed by atoms with Crippen LogP contribution >= 0.6 is 0 Å². The topological polar surface area (TPSA) is 75.7 Å². The molecule has 21 heavy (non-hydrogen) atoms. The van der Waals surface area contributed by atoms with Gasteiger partial charge in [-0.05, 0) is 18.4 Å². The van der Waals surface area contributed by atoms with Crippen molar-refractivity contribution in [3.63, 3.8) is 0 Å². The SMILES string of the molecule is CONC(=O)C1CCCN1C(=O)C(=O)Cc1ccccc1. The minimum absolute atomic E-state index is 0.0504. The van der Waals surface area contributed by atoms with Gasteiger partial charge in [-0.2, -0.15) is 0 Å². The number of hydrogen-bond acceptors (Lipinski definition) is 4. The number of hydrogen-bond donors (Lipinski definition) is 1. The van der Waals surface area contributed by atoms with Gasteiger partial charge in [0.05, 0.1) is 7.11 Å². The molecule has 1 heterocycles. The van der Waals surface area contributed by atoms with E-state index in [4.69, 9.17) is 0 Å². The Bertz CT molecular complexity index is 530. The Labute approximate surface area is 123 Å². The van der Waals surface area contributed by atoms with E-state index < -0.39 is 23.6 Å². The molecule has 1 saturated heterocycles. The lowest BCUT2D eigenvalue weighted by molar-refractivity contribution is -0.149. The largest absolute Gasteiger partial charge is 0.324 e. The fraction of sp³-hybridized carbons (Fsp3) is 0.400. The van der Waals surface area contributed by atoms with Crippen LogP contribution in [0.3, 0.4) is 0 Å². The van der Waals surface area contributed by atoms with Gasteiger partial charge >= 0.3 is 0 Å². The van der Waals surface area contributed by atoms with E-state index in [1.54, 1.807) is 12.1 Å². The predicted octanol–water partition coefficient (Wildman–Crippen LogP) is 0.467. The second-order valence-electron chi connectivity index (χ2n) is 4.91. The lowest BCUT2D eigenvalue weighted by Gasteiger charge is -2.22. The van der Waals surface area contributed by atoms with Gasteiger partial charge in [-0.3, -0.25) is 19.2 Å². The molecule has 0 radical (unpaired) electrons. The predicted molar refractivity (Wildman–Crippen MR) is 75.0 cm³/mol. The Kier molecular flexibility index (Phi) is 5.05. The fourth-order valence-electron chi connectivity index (χ4n) is 2.47. The number of ketones is 1. The molecule has 0 aromatic heterocycles. The molecular formula is C15H18N2O4. The summed E-state index contributed by atoms with van der Waals surface area (Å²) in [6, 6.07) is 8.45. The summed E-state index contributed by atoms with van der Waals surface area (Å²) in [5, 5.41) is 0. The van der Waals surface area contributed by atoms with E-state index in [1.807, 2.05) is 18.2 Å². The zero-order chi connectivity index (χ0) is 15.2. The number of Topliss-reactive ketones (excluding diaryl/α,β-unsaturated/α-hetero) is 1. The Morgan fingerprint density at radius 1 is 1.29 bits per heavy atom. The van der Waals surface area contributed by atoms with Gasteiger partial charge in [0.25, 0.3) is 11.8 Å². The summed E-state index contributed by atoms with van der Waals surface area (Å²) in [5.74, 6) is -1.50. The van der Waals surface area contributed by atoms with Gasteiger partial charge in [-0.15, -0.1) is 0 Å².